The van der Waals surface area contributed by atoms with Gasteiger partial charge in [0.2, 0.25) is 0 Å². The fourth-order valence-corrected chi connectivity index (χ4v) is 2.48. The van der Waals surface area contributed by atoms with Gasteiger partial charge in [0.15, 0.2) is 5.82 Å². The topological polar surface area (TPSA) is 71.3 Å². The summed E-state index contributed by atoms with van der Waals surface area (Å²) in [5, 5.41) is 6.05. The summed E-state index contributed by atoms with van der Waals surface area (Å²) in [5.74, 6) is 0.110. The second-order valence-corrected chi connectivity index (χ2v) is 6.17. The highest BCUT2D eigenvalue weighted by molar-refractivity contribution is 5.90. The van der Waals surface area contributed by atoms with Gasteiger partial charge in [-0.25, -0.2) is 9.18 Å². The van der Waals surface area contributed by atoms with Crippen LogP contribution in [-0.4, -0.2) is 34.7 Å². The predicted octanol–water partition coefficient (Wildman–Crippen LogP) is 4.60. The van der Waals surface area contributed by atoms with E-state index in [4.69, 9.17) is 4.52 Å². The molecule has 0 atom stereocenters. The Kier molecular flexibility index (Phi) is 5.81. The first kappa shape index (κ1) is 20.3. The van der Waals surface area contributed by atoms with Crippen LogP contribution < -0.4 is 5.32 Å². The Morgan fingerprint density at radius 2 is 1.83 bits per heavy atom. The molecule has 152 valence electrons. The third kappa shape index (κ3) is 5.09. The molecule has 0 saturated heterocycles. The van der Waals surface area contributed by atoms with Crippen molar-refractivity contribution in [1.29, 1.82) is 0 Å². The zero-order valence-corrected chi connectivity index (χ0v) is 15.2. The van der Waals surface area contributed by atoms with Crippen molar-refractivity contribution in [2.75, 3.05) is 18.9 Å². The van der Waals surface area contributed by atoms with Crippen LogP contribution in [0.5, 0.6) is 0 Å². The van der Waals surface area contributed by atoms with Crippen molar-refractivity contribution in [3.8, 4) is 11.5 Å². The monoisotopic (exact) mass is 408 g/mol. The fraction of sp³-hybridized carbons (Fsp3) is 0.211. The van der Waals surface area contributed by atoms with Crippen LogP contribution in [0.15, 0.2) is 53.1 Å². The second-order valence-electron chi connectivity index (χ2n) is 6.17. The van der Waals surface area contributed by atoms with Crippen molar-refractivity contribution in [3.63, 3.8) is 0 Å². The SMILES string of the molecule is CN(CCc1noc(-c2ccc(F)cc2)n1)C(=O)Nc1ccccc1C(F)(F)F. The number of halogens is 4. The number of carbonyl (C=O) groups is 1. The van der Waals surface area contributed by atoms with E-state index < -0.39 is 23.6 Å². The summed E-state index contributed by atoms with van der Waals surface area (Å²) in [6.45, 7) is 0.141. The summed E-state index contributed by atoms with van der Waals surface area (Å²) in [7, 11) is 1.44. The van der Waals surface area contributed by atoms with Gasteiger partial charge in [0.1, 0.15) is 5.82 Å². The number of aromatic nitrogens is 2. The minimum Gasteiger partial charge on any atom is -0.334 e. The van der Waals surface area contributed by atoms with Gasteiger partial charge in [-0.05, 0) is 36.4 Å². The smallest absolute Gasteiger partial charge is 0.334 e. The molecule has 29 heavy (non-hydrogen) atoms. The highest BCUT2D eigenvalue weighted by atomic mass is 19.4. The summed E-state index contributed by atoms with van der Waals surface area (Å²) < 4.78 is 57.1. The van der Waals surface area contributed by atoms with Crippen LogP contribution in [0.4, 0.5) is 28.0 Å². The van der Waals surface area contributed by atoms with Gasteiger partial charge in [-0.2, -0.15) is 18.2 Å². The summed E-state index contributed by atoms with van der Waals surface area (Å²) in [6.07, 6.45) is -4.36. The third-order valence-corrected chi connectivity index (χ3v) is 4.05. The molecule has 2 aromatic carbocycles. The number of anilines is 1. The first-order chi connectivity index (χ1) is 13.7. The Bertz CT molecular complexity index is 986. The Morgan fingerprint density at radius 1 is 1.14 bits per heavy atom. The van der Waals surface area contributed by atoms with Gasteiger partial charge >= 0.3 is 12.2 Å². The first-order valence-corrected chi connectivity index (χ1v) is 8.51. The summed E-state index contributed by atoms with van der Waals surface area (Å²) in [5.41, 5.74) is -0.709. The maximum absolute atomic E-state index is 13.0. The van der Waals surface area contributed by atoms with E-state index in [1.54, 1.807) is 0 Å². The van der Waals surface area contributed by atoms with Crippen molar-refractivity contribution in [2.45, 2.75) is 12.6 Å². The van der Waals surface area contributed by atoms with Crippen molar-refractivity contribution in [1.82, 2.24) is 15.0 Å². The number of carbonyl (C=O) groups excluding carboxylic acids is 1. The van der Waals surface area contributed by atoms with E-state index in [0.29, 0.717) is 11.4 Å². The number of nitrogens with zero attached hydrogens (tertiary/aromatic N) is 3. The second kappa shape index (κ2) is 8.29. The lowest BCUT2D eigenvalue weighted by atomic mass is 10.1. The number of likely N-dealkylation sites (N-methyl/N-ethyl adjacent to an activating group) is 1. The number of nitrogens with one attached hydrogen (secondary N) is 1. The number of benzene rings is 2. The molecule has 10 heteroatoms. The summed E-state index contributed by atoms with van der Waals surface area (Å²) >= 11 is 0. The number of hydrogen-bond acceptors (Lipinski definition) is 4. The molecule has 1 heterocycles. The lowest BCUT2D eigenvalue weighted by Crippen LogP contribution is -2.33. The fourth-order valence-electron chi connectivity index (χ4n) is 2.48. The average molecular weight is 408 g/mol. The maximum Gasteiger partial charge on any atom is 0.418 e. The molecule has 2 amide bonds. The third-order valence-electron chi connectivity index (χ3n) is 4.05. The van der Waals surface area contributed by atoms with Gasteiger partial charge in [-0.3, -0.25) is 0 Å². The Morgan fingerprint density at radius 3 is 2.52 bits per heavy atom. The van der Waals surface area contributed by atoms with Crippen molar-refractivity contribution >= 4 is 11.7 Å². The van der Waals surface area contributed by atoms with Gasteiger partial charge in [-0.1, -0.05) is 17.3 Å². The molecule has 3 rings (SSSR count). The molecule has 0 unspecified atom stereocenters. The lowest BCUT2D eigenvalue weighted by Gasteiger charge is -2.19. The Labute approximate surface area is 163 Å². The van der Waals surface area contributed by atoms with E-state index in [2.05, 4.69) is 15.5 Å². The Hall–Kier alpha value is -3.43. The molecule has 0 spiro atoms. The molecule has 1 N–H and O–H groups in total. The molecule has 3 aromatic rings. The standard InChI is InChI=1S/C19H16F4N4O2/c1-27(18(28)24-15-5-3-2-4-14(15)19(21,22)23)11-10-16-25-17(29-26-16)12-6-8-13(20)9-7-12/h2-9H,10-11H2,1H3,(H,24,28). The van der Waals surface area contributed by atoms with Crippen molar-refractivity contribution in [2.24, 2.45) is 0 Å². The number of alkyl halides is 3. The molecule has 0 saturated carbocycles. The molecular formula is C19H16F4N4O2. The predicted molar refractivity (Wildman–Crippen MR) is 96.5 cm³/mol. The quantitative estimate of drug-likeness (QED) is 0.627. The van der Waals surface area contributed by atoms with E-state index in [-0.39, 0.29) is 24.5 Å². The average Bonchev–Trinajstić information content (AvgIpc) is 3.15. The van der Waals surface area contributed by atoms with Gasteiger partial charge in [0, 0.05) is 25.6 Å². The van der Waals surface area contributed by atoms with E-state index in [1.807, 2.05) is 0 Å². The van der Waals surface area contributed by atoms with Crippen LogP contribution in [0.25, 0.3) is 11.5 Å². The number of para-hydroxylation sites is 1. The largest absolute Gasteiger partial charge is 0.418 e. The zero-order valence-electron chi connectivity index (χ0n) is 15.2. The van der Waals surface area contributed by atoms with Gasteiger partial charge in [-0.15, -0.1) is 0 Å². The van der Waals surface area contributed by atoms with E-state index in [1.165, 1.54) is 54.4 Å². The van der Waals surface area contributed by atoms with E-state index >= 15 is 0 Å². The van der Waals surface area contributed by atoms with E-state index in [9.17, 15) is 22.4 Å². The molecule has 0 bridgehead atoms. The van der Waals surface area contributed by atoms with Crippen LogP contribution in [0, 0.1) is 5.82 Å². The number of hydrogen-bond donors (Lipinski definition) is 1. The van der Waals surface area contributed by atoms with Crippen LogP contribution in [0.2, 0.25) is 0 Å². The lowest BCUT2D eigenvalue weighted by molar-refractivity contribution is -0.136. The van der Waals surface area contributed by atoms with Gasteiger partial charge in [0.05, 0.1) is 11.3 Å². The Balaban J connectivity index is 1.59. The minimum absolute atomic E-state index is 0.141. The number of amides is 2. The molecule has 0 radical (unpaired) electrons. The zero-order chi connectivity index (χ0) is 21.0. The van der Waals surface area contributed by atoms with Crippen LogP contribution in [0.1, 0.15) is 11.4 Å². The van der Waals surface area contributed by atoms with Crippen LogP contribution >= 0.6 is 0 Å². The maximum atomic E-state index is 13.0. The molecule has 1 aromatic heterocycles. The van der Waals surface area contributed by atoms with Crippen LogP contribution in [0.3, 0.4) is 0 Å². The van der Waals surface area contributed by atoms with Gasteiger partial charge < -0.3 is 14.7 Å². The van der Waals surface area contributed by atoms with E-state index in [0.717, 1.165) is 6.07 Å². The summed E-state index contributed by atoms with van der Waals surface area (Å²) in [6, 6.07) is 9.53. The highest BCUT2D eigenvalue weighted by Crippen LogP contribution is 2.34. The molecule has 6 nitrogen and oxygen atoms in total. The molecule has 0 fully saturated rings. The van der Waals surface area contributed by atoms with Gasteiger partial charge in [0.25, 0.3) is 5.89 Å². The summed E-state index contributed by atoms with van der Waals surface area (Å²) in [4.78, 5) is 17.6. The normalized spacial score (nSPS) is 11.3. The molecule has 0 aliphatic carbocycles. The molecule has 0 aliphatic heterocycles. The van der Waals surface area contributed by atoms with Crippen molar-refractivity contribution in [3.05, 3.63) is 65.7 Å². The van der Waals surface area contributed by atoms with Crippen molar-refractivity contribution < 1.29 is 26.9 Å². The minimum atomic E-state index is -4.58. The highest BCUT2D eigenvalue weighted by Gasteiger charge is 2.33. The molecular weight excluding hydrogens is 392 g/mol. The first-order valence-electron chi connectivity index (χ1n) is 8.51. The number of urea groups is 1. The molecule has 0 aliphatic rings. The number of rotatable bonds is 5. The van der Waals surface area contributed by atoms with Crippen LogP contribution in [-0.2, 0) is 12.6 Å².